The van der Waals surface area contributed by atoms with Crippen molar-refractivity contribution in [3.63, 3.8) is 0 Å². The average Bonchev–Trinajstić information content (AvgIpc) is 3.12. The highest BCUT2D eigenvalue weighted by Crippen LogP contribution is 2.36. The van der Waals surface area contributed by atoms with E-state index < -0.39 is 0 Å². The molecule has 0 radical (unpaired) electrons. The third kappa shape index (κ3) is 4.21. The molecule has 3 nitrogen and oxygen atoms in total. The van der Waals surface area contributed by atoms with Crippen LogP contribution in [0.3, 0.4) is 0 Å². The van der Waals surface area contributed by atoms with Gasteiger partial charge in [-0.25, -0.2) is 9.37 Å². The Morgan fingerprint density at radius 3 is 2.89 bits per heavy atom. The van der Waals surface area contributed by atoms with E-state index >= 15 is 4.39 Å². The molecule has 1 aromatic heterocycles. The van der Waals surface area contributed by atoms with Gasteiger partial charge in [-0.3, -0.25) is 0 Å². The number of aromatic nitrogens is 1. The van der Waals surface area contributed by atoms with Gasteiger partial charge in [0, 0.05) is 17.0 Å². The summed E-state index contributed by atoms with van der Waals surface area (Å²) >= 11 is 7.57. The molecule has 0 spiro atoms. The van der Waals surface area contributed by atoms with E-state index in [1.165, 1.54) is 24.6 Å². The van der Waals surface area contributed by atoms with Crippen LogP contribution in [0.25, 0.3) is 21.3 Å². The zero-order valence-electron chi connectivity index (χ0n) is 14.7. The number of nitrogens with zero attached hydrogens (tertiary/aromatic N) is 1. The number of rotatable bonds is 6. The van der Waals surface area contributed by atoms with Gasteiger partial charge >= 0.3 is 0 Å². The van der Waals surface area contributed by atoms with Crippen LogP contribution < -0.4 is 5.73 Å². The third-order valence-electron chi connectivity index (χ3n) is 4.11. The fraction of sp³-hybridized carbons (Fsp3) is 0.0952. The highest BCUT2D eigenvalue weighted by atomic mass is 35.5. The zero-order valence-corrected chi connectivity index (χ0v) is 16.3. The highest BCUT2D eigenvalue weighted by molar-refractivity contribution is 7.16. The molecule has 27 heavy (non-hydrogen) atoms. The standard InChI is InChI=1S/C21H18ClFN2OS/c1-13(26-2)6-7-14(11-24)8-16-10-18-21(25-12-27-18)19(20(16)23)15-4-3-5-17(22)9-15/h3-7,9-12H,1,8,24H2,2H3/b7-6-,14-11+. The fourth-order valence-corrected chi connectivity index (χ4v) is 3.67. The normalized spacial score (nSPS) is 12.0. The lowest BCUT2D eigenvalue weighted by Crippen LogP contribution is -1.99. The minimum atomic E-state index is -0.325. The van der Waals surface area contributed by atoms with Gasteiger partial charge in [-0.05, 0) is 47.2 Å². The number of thiazole rings is 1. The van der Waals surface area contributed by atoms with E-state index in [0.717, 1.165) is 10.3 Å². The Morgan fingerprint density at radius 2 is 2.19 bits per heavy atom. The van der Waals surface area contributed by atoms with Crippen molar-refractivity contribution in [3.8, 4) is 11.1 Å². The maximum atomic E-state index is 15.4. The lowest BCUT2D eigenvalue weighted by Gasteiger charge is -2.11. The summed E-state index contributed by atoms with van der Waals surface area (Å²) in [5, 5.41) is 0.546. The molecule has 138 valence electrons. The number of nitrogens with two attached hydrogens (primary N) is 1. The summed E-state index contributed by atoms with van der Waals surface area (Å²) in [6.07, 6.45) is 5.24. The van der Waals surface area contributed by atoms with Gasteiger partial charge in [0.25, 0.3) is 0 Å². The summed E-state index contributed by atoms with van der Waals surface area (Å²) in [4.78, 5) is 4.35. The largest absolute Gasteiger partial charge is 0.497 e. The minimum Gasteiger partial charge on any atom is -0.497 e. The van der Waals surface area contributed by atoms with Gasteiger partial charge in [-0.1, -0.05) is 36.4 Å². The number of allylic oxidation sites excluding steroid dienone is 3. The Balaban J connectivity index is 2.08. The Morgan fingerprint density at radius 1 is 1.37 bits per heavy atom. The molecule has 2 aromatic carbocycles. The molecule has 3 aromatic rings. The second-order valence-electron chi connectivity index (χ2n) is 5.86. The molecule has 0 saturated heterocycles. The second-order valence-corrected chi connectivity index (χ2v) is 7.18. The number of ether oxygens (including phenoxy) is 1. The molecule has 0 aliphatic rings. The molecular formula is C21H18ClFN2OS. The first-order chi connectivity index (χ1) is 13.0. The molecule has 0 saturated carbocycles. The molecule has 0 aliphatic carbocycles. The number of hydrogen-bond acceptors (Lipinski definition) is 4. The van der Waals surface area contributed by atoms with Crippen LogP contribution in [0.5, 0.6) is 0 Å². The van der Waals surface area contributed by atoms with Gasteiger partial charge in [0.2, 0.25) is 0 Å². The highest BCUT2D eigenvalue weighted by Gasteiger charge is 2.18. The van der Waals surface area contributed by atoms with Gasteiger partial charge in [0.15, 0.2) is 0 Å². The first-order valence-corrected chi connectivity index (χ1v) is 9.41. The van der Waals surface area contributed by atoms with Crippen molar-refractivity contribution in [3.05, 3.63) is 88.5 Å². The van der Waals surface area contributed by atoms with Crippen LogP contribution in [0.2, 0.25) is 5.02 Å². The van der Waals surface area contributed by atoms with Crippen LogP contribution in [-0.2, 0) is 11.2 Å². The SMILES string of the molecule is C=C(/C=C\C(=C/N)Cc1cc2scnc2c(-c2cccc(Cl)c2)c1F)OC. The first kappa shape index (κ1) is 19.1. The molecule has 1 heterocycles. The molecule has 0 unspecified atom stereocenters. The van der Waals surface area contributed by atoms with Crippen molar-refractivity contribution in [1.82, 2.24) is 4.98 Å². The first-order valence-electron chi connectivity index (χ1n) is 8.15. The Hall–Kier alpha value is -2.63. The molecule has 0 atom stereocenters. The van der Waals surface area contributed by atoms with Crippen LogP contribution in [0.4, 0.5) is 4.39 Å². The Kier molecular flexibility index (Phi) is 5.94. The number of hydrogen-bond donors (Lipinski definition) is 1. The van der Waals surface area contributed by atoms with Gasteiger partial charge in [0.1, 0.15) is 11.6 Å². The summed E-state index contributed by atoms with van der Waals surface area (Å²) in [6.45, 7) is 3.73. The van der Waals surface area contributed by atoms with Crippen LogP contribution >= 0.6 is 22.9 Å². The predicted molar refractivity (Wildman–Crippen MR) is 111 cm³/mol. The van der Waals surface area contributed by atoms with E-state index in [2.05, 4.69) is 11.6 Å². The Bertz CT molecular complexity index is 1060. The quantitative estimate of drug-likeness (QED) is 0.416. The van der Waals surface area contributed by atoms with Crippen molar-refractivity contribution in [2.75, 3.05) is 7.11 Å². The lowest BCUT2D eigenvalue weighted by atomic mass is 9.97. The topological polar surface area (TPSA) is 48.1 Å². The maximum absolute atomic E-state index is 15.4. The summed E-state index contributed by atoms with van der Waals surface area (Å²) < 4.78 is 21.4. The minimum absolute atomic E-state index is 0.325. The summed E-state index contributed by atoms with van der Waals surface area (Å²) in [7, 11) is 1.53. The van der Waals surface area contributed by atoms with Crippen LogP contribution in [-0.4, -0.2) is 12.1 Å². The van der Waals surface area contributed by atoms with Crippen molar-refractivity contribution >= 4 is 33.2 Å². The number of halogens is 2. The zero-order chi connectivity index (χ0) is 19.4. The number of methoxy groups -OCH3 is 1. The fourth-order valence-electron chi connectivity index (χ4n) is 2.73. The number of fused-ring (bicyclic) bond motifs is 1. The monoisotopic (exact) mass is 400 g/mol. The van der Waals surface area contributed by atoms with E-state index in [0.29, 0.717) is 39.4 Å². The molecule has 0 bridgehead atoms. The summed E-state index contributed by atoms with van der Waals surface area (Å²) in [5.74, 6) is 0.168. The summed E-state index contributed by atoms with van der Waals surface area (Å²) in [5.41, 5.74) is 10.5. The molecule has 3 rings (SSSR count). The van der Waals surface area contributed by atoms with Gasteiger partial charge in [-0.2, -0.15) is 0 Å². The molecule has 0 amide bonds. The molecule has 6 heteroatoms. The van der Waals surface area contributed by atoms with E-state index in [1.54, 1.807) is 35.9 Å². The molecule has 2 N–H and O–H groups in total. The predicted octanol–water partition coefficient (Wildman–Crippen LogP) is 5.86. The molecule has 0 aliphatic heterocycles. The van der Waals surface area contributed by atoms with Crippen LogP contribution in [0.1, 0.15) is 5.56 Å². The second kappa shape index (κ2) is 8.37. The third-order valence-corrected chi connectivity index (χ3v) is 5.12. The van der Waals surface area contributed by atoms with Crippen molar-refractivity contribution in [2.45, 2.75) is 6.42 Å². The maximum Gasteiger partial charge on any atom is 0.136 e. The van der Waals surface area contributed by atoms with Gasteiger partial charge in [0.05, 0.1) is 22.8 Å². The van der Waals surface area contributed by atoms with E-state index in [1.807, 2.05) is 12.1 Å². The van der Waals surface area contributed by atoms with E-state index in [-0.39, 0.29) is 5.82 Å². The van der Waals surface area contributed by atoms with Gasteiger partial charge < -0.3 is 10.5 Å². The van der Waals surface area contributed by atoms with Crippen molar-refractivity contribution < 1.29 is 9.13 Å². The number of benzene rings is 2. The van der Waals surface area contributed by atoms with Crippen molar-refractivity contribution in [2.24, 2.45) is 5.73 Å². The summed E-state index contributed by atoms with van der Waals surface area (Å²) in [6, 6.07) is 8.94. The van der Waals surface area contributed by atoms with Gasteiger partial charge in [-0.15, -0.1) is 11.3 Å². The van der Waals surface area contributed by atoms with Crippen LogP contribution in [0.15, 0.2) is 72.1 Å². The van der Waals surface area contributed by atoms with Crippen LogP contribution in [0, 0.1) is 5.82 Å². The molecular weight excluding hydrogens is 383 g/mol. The lowest BCUT2D eigenvalue weighted by molar-refractivity contribution is 0.309. The van der Waals surface area contributed by atoms with E-state index in [9.17, 15) is 0 Å². The van der Waals surface area contributed by atoms with Crippen molar-refractivity contribution in [1.29, 1.82) is 0 Å². The smallest absolute Gasteiger partial charge is 0.136 e. The van der Waals surface area contributed by atoms with E-state index in [4.69, 9.17) is 22.1 Å². The average molecular weight is 401 g/mol. The Labute approximate surface area is 166 Å². The molecule has 0 fully saturated rings.